The van der Waals surface area contributed by atoms with E-state index in [1.165, 1.54) is 0 Å². The zero-order valence-electron chi connectivity index (χ0n) is 11.5. The Morgan fingerprint density at radius 3 is 2.38 bits per heavy atom. The molecular weight excluding hydrogens is 305 g/mol. The lowest BCUT2D eigenvalue weighted by atomic mass is 10.2. The molecule has 110 valence electrons. The molecule has 2 rings (SSSR count). The molecule has 1 atom stereocenters. The highest BCUT2D eigenvalue weighted by molar-refractivity contribution is 8.17. The molecule has 2 aromatic rings. The molecule has 4 nitrogen and oxygen atoms in total. The maximum atomic E-state index is 10.6. The van der Waals surface area contributed by atoms with E-state index < -0.39 is 6.72 Å². The lowest BCUT2D eigenvalue weighted by Gasteiger charge is -2.19. The smallest absolute Gasteiger partial charge is 0.336 e. The summed E-state index contributed by atoms with van der Waals surface area (Å²) in [5.74, 6) is 0.488. The summed E-state index contributed by atoms with van der Waals surface area (Å²) >= 11 is 0. The molecule has 0 heterocycles. The van der Waals surface area contributed by atoms with Crippen LogP contribution < -0.4 is 4.52 Å². The third-order valence-corrected chi connectivity index (χ3v) is 6.37. The number of hydrogen-bond donors (Lipinski definition) is 2. The van der Waals surface area contributed by atoms with Gasteiger partial charge >= 0.3 is 6.72 Å². The van der Waals surface area contributed by atoms with Crippen molar-refractivity contribution in [3.63, 3.8) is 0 Å². The molecule has 0 bridgehead atoms. The van der Waals surface area contributed by atoms with Gasteiger partial charge in [-0.05, 0) is 43.3 Å². The van der Waals surface area contributed by atoms with Crippen LogP contribution in [0.15, 0.2) is 59.5 Å². The predicted molar refractivity (Wildman–Crippen MR) is 86.0 cm³/mol. The van der Waals surface area contributed by atoms with Crippen LogP contribution in [-0.4, -0.2) is 11.5 Å². The molecule has 0 radical (unpaired) electrons. The highest BCUT2D eigenvalue weighted by Gasteiger charge is 2.17. The minimum Gasteiger partial charge on any atom is -0.428 e. The van der Waals surface area contributed by atoms with Crippen LogP contribution in [0.4, 0.5) is 0 Å². The number of thiol groups is 1. The molecule has 0 aromatic heterocycles. The van der Waals surface area contributed by atoms with Crippen molar-refractivity contribution in [1.82, 2.24) is 0 Å². The second kappa shape index (κ2) is 7.44. The molecule has 0 amide bonds. The molecule has 6 heteroatoms. The van der Waals surface area contributed by atoms with Gasteiger partial charge in [-0.2, -0.15) is 5.26 Å². The van der Waals surface area contributed by atoms with Crippen LogP contribution in [0.2, 0.25) is 0 Å². The lowest BCUT2D eigenvalue weighted by Crippen LogP contribution is -1.99. The lowest BCUT2D eigenvalue weighted by molar-refractivity contribution is 0.271. The molecule has 1 N–H and O–H groups in total. The topological polar surface area (TPSA) is 62.5 Å². The van der Waals surface area contributed by atoms with E-state index in [1.54, 1.807) is 24.3 Å². The highest BCUT2D eigenvalue weighted by Crippen LogP contribution is 2.47. The van der Waals surface area contributed by atoms with E-state index in [4.69, 9.17) is 14.3 Å². The molecule has 21 heavy (non-hydrogen) atoms. The predicted octanol–water partition coefficient (Wildman–Crippen LogP) is 3.52. The molecule has 0 aliphatic heterocycles. The van der Waals surface area contributed by atoms with Crippen molar-refractivity contribution in [2.24, 2.45) is 0 Å². The first-order valence-electron chi connectivity index (χ1n) is 6.39. The van der Waals surface area contributed by atoms with Crippen molar-refractivity contribution in [2.75, 3.05) is 6.61 Å². The largest absolute Gasteiger partial charge is 0.428 e. The Morgan fingerprint density at radius 2 is 1.81 bits per heavy atom. The first kappa shape index (κ1) is 15.8. The van der Waals surface area contributed by atoms with Crippen molar-refractivity contribution >= 4 is 17.7 Å². The minimum absolute atomic E-state index is 0.361. The van der Waals surface area contributed by atoms with Crippen molar-refractivity contribution < 1.29 is 13.9 Å². The van der Waals surface area contributed by atoms with Crippen molar-refractivity contribution in [3.8, 4) is 11.8 Å². The van der Waals surface area contributed by atoms with Gasteiger partial charge in [-0.15, -0.1) is 0 Å². The van der Waals surface area contributed by atoms with Crippen molar-refractivity contribution in [3.05, 3.63) is 60.2 Å². The molecule has 0 aliphatic carbocycles. The van der Waals surface area contributed by atoms with E-state index in [2.05, 4.69) is 0 Å². The Labute approximate surface area is 127 Å². The van der Waals surface area contributed by atoms with E-state index in [-0.39, 0.29) is 0 Å². The summed E-state index contributed by atoms with van der Waals surface area (Å²) in [4.78, 5) is 11.6. The van der Waals surface area contributed by atoms with Crippen LogP contribution in [0, 0.1) is 11.3 Å². The Kier molecular flexibility index (Phi) is 5.60. The van der Waals surface area contributed by atoms with Crippen LogP contribution in [0.5, 0.6) is 5.75 Å². The Morgan fingerprint density at radius 1 is 1.14 bits per heavy atom. The first-order valence-corrected chi connectivity index (χ1v) is 9.57. The molecule has 0 saturated carbocycles. The number of nitriles is 1. The fraction of sp³-hybridized carbons (Fsp3) is 0.133. The van der Waals surface area contributed by atoms with Gasteiger partial charge < -0.3 is 13.9 Å². The monoisotopic (exact) mass is 321 g/mol. The number of benzene rings is 2. The Hall–Kier alpha value is -1.57. The van der Waals surface area contributed by atoms with Gasteiger partial charge in [-0.25, -0.2) is 0 Å². The summed E-state index contributed by atoms with van der Waals surface area (Å²) in [6.45, 7) is -0.873. The summed E-state index contributed by atoms with van der Waals surface area (Å²) < 4.78 is 11.1. The fourth-order valence-corrected chi connectivity index (χ4v) is 5.29. The molecule has 0 fully saturated rings. The van der Waals surface area contributed by atoms with E-state index in [9.17, 15) is 4.89 Å². The van der Waals surface area contributed by atoms with Crippen LogP contribution >= 0.6 is 6.72 Å². The highest BCUT2D eigenvalue weighted by atomic mass is 32.5. The zero-order chi connectivity index (χ0) is 15.1. The van der Waals surface area contributed by atoms with Gasteiger partial charge in [0.1, 0.15) is 5.75 Å². The van der Waals surface area contributed by atoms with Crippen LogP contribution in [0.1, 0.15) is 12.5 Å². The van der Waals surface area contributed by atoms with E-state index in [0.717, 1.165) is 4.90 Å². The minimum atomic E-state index is -3.05. The molecule has 0 saturated heterocycles. The average molecular weight is 321 g/mol. The average Bonchev–Trinajstić information content (AvgIpc) is 2.49. The molecule has 0 aliphatic rings. The summed E-state index contributed by atoms with van der Waals surface area (Å²) in [6, 6.07) is 18.2. The van der Waals surface area contributed by atoms with Gasteiger partial charge in [-0.3, -0.25) is 0 Å². The van der Waals surface area contributed by atoms with Gasteiger partial charge in [-0.1, -0.05) is 29.1 Å². The van der Waals surface area contributed by atoms with E-state index in [1.807, 2.05) is 43.3 Å². The number of rotatable bonds is 5. The maximum absolute atomic E-state index is 10.6. The third kappa shape index (κ3) is 4.73. The molecule has 1 unspecified atom stereocenters. The Bertz CT molecular complexity index is 680. The van der Waals surface area contributed by atoms with E-state index >= 15 is 0 Å². The maximum Gasteiger partial charge on any atom is 0.336 e. The fourth-order valence-electron chi connectivity index (χ4n) is 1.61. The second-order valence-corrected chi connectivity index (χ2v) is 8.33. The summed E-state index contributed by atoms with van der Waals surface area (Å²) in [5.41, 5.74) is 0.543. The van der Waals surface area contributed by atoms with Crippen LogP contribution in [0.25, 0.3) is 0 Å². The standard InChI is InChI=1S/C15H16NO3PS/c1-2-18-20(17,21-15-6-4-3-5-7-15)19-14-10-8-13(12-16)9-11-14/h3-11,17,21H,2H2,1H3. The van der Waals surface area contributed by atoms with Gasteiger partial charge in [0, 0.05) is 4.90 Å². The molecule has 2 aromatic carbocycles. The number of hydrogen-bond acceptors (Lipinski definition) is 3. The third-order valence-electron chi connectivity index (χ3n) is 2.50. The van der Waals surface area contributed by atoms with Crippen LogP contribution in [-0.2, 0) is 15.5 Å². The summed E-state index contributed by atoms with van der Waals surface area (Å²) in [7, 11) is 0.607. The normalized spacial score (nSPS) is 13.2. The molecule has 0 spiro atoms. The van der Waals surface area contributed by atoms with E-state index in [0.29, 0.717) is 28.9 Å². The van der Waals surface area contributed by atoms with Gasteiger partial charge in [0.2, 0.25) is 0 Å². The SMILES string of the molecule is CCOP(O)(Oc1ccc(C#N)cc1)=[SH]c1ccccc1. The van der Waals surface area contributed by atoms with Gasteiger partial charge in [0.25, 0.3) is 0 Å². The Balaban J connectivity index is 2.29. The van der Waals surface area contributed by atoms with Crippen LogP contribution in [0.3, 0.4) is 0 Å². The zero-order valence-corrected chi connectivity index (χ0v) is 13.3. The summed E-state index contributed by atoms with van der Waals surface area (Å²) in [6.07, 6.45) is 0. The summed E-state index contributed by atoms with van der Waals surface area (Å²) in [5, 5.41) is 8.78. The van der Waals surface area contributed by atoms with Gasteiger partial charge in [0.15, 0.2) is 0 Å². The van der Waals surface area contributed by atoms with Gasteiger partial charge in [0.05, 0.1) is 18.2 Å². The molecular formula is C15H16NO3PS. The van der Waals surface area contributed by atoms with Crippen molar-refractivity contribution in [2.45, 2.75) is 11.8 Å². The second-order valence-electron chi connectivity index (χ2n) is 4.07. The first-order chi connectivity index (χ1) is 10.1. The number of nitrogens with zero attached hydrogens (tertiary/aromatic N) is 1. The van der Waals surface area contributed by atoms with Crippen molar-refractivity contribution in [1.29, 1.82) is 5.26 Å². The quantitative estimate of drug-likeness (QED) is 0.653.